The van der Waals surface area contributed by atoms with E-state index in [2.05, 4.69) is 12.2 Å². The van der Waals surface area contributed by atoms with Crippen LogP contribution in [0, 0.1) is 5.41 Å². The summed E-state index contributed by atoms with van der Waals surface area (Å²) in [7, 11) is 0. The molecule has 0 aromatic heterocycles. The van der Waals surface area contributed by atoms with Gasteiger partial charge in [0.25, 0.3) is 0 Å². The zero-order chi connectivity index (χ0) is 13.6. The zero-order valence-electron chi connectivity index (χ0n) is 11.1. The average Bonchev–Trinajstić information content (AvgIpc) is 2.28. The minimum absolute atomic E-state index is 0.136. The Morgan fingerprint density at radius 2 is 2.11 bits per heavy atom. The van der Waals surface area contributed by atoms with Crippen LogP contribution in [0.2, 0.25) is 0 Å². The summed E-state index contributed by atoms with van der Waals surface area (Å²) in [4.78, 5) is 22.5. The first-order valence-corrected chi connectivity index (χ1v) is 6.74. The molecule has 1 amide bonds. The first kappa shape index (κ1) is 15.0. The van der Waals surface area contributed by atoms with Crippen LogP contribution in [-0.2, 0) is 9.59 Å². The van der Waals surface area contributed by atoms with Crippen LogP contribution in [0.1, 0.15) is 51.9 Å². The van der Waals surface area contributed by atoms with Crippen LogP contribution in [0.4, 0.5) is 0 Å². The Labute approximate surface area is 108 Å². The largest absolute Gasteiger partial charge is 0.481 e. The number of carboxylic acid groups (broad SMARTS) is 1. The number of amides is 1. The van der Waals surface area contributed by atoms with Gasteiger partial charge in [-0.3, -0.25) is 9.59 Å². The normalized spacial score (nSPS) is 18.8. The van der Waals surface area contributed by atoms with Gasteiger partial charge in [-0.05, 0) is 24.7 Å². The molecule has 104 valence electrons. The number of aliphatic carboxylic acids is 1. The standard InChI is InChI=1S/C13H24N2O3/c1-2-3-5-10(14)12(18)15-9-13(6-4-7-13)8-11(16)17/h10H,2-9,14H2,1H3,(H,15,18)(H,16,17)/t10-/m0/s1. The Bertz CT molecular complexity index is 301. The summed E-state index contributed by atoms with van der Waals surface area (Å²) < 4.78 is 0. The monoisotopic (exact) mass is 256 g/mol. The van der Waals surface area contributed by atoms with Gasteiger partial charge in [0.1, 0.15) is 0 Å². The highest BCUT2D eigenvalue weighted by atomic mass is 16.4. The second kappa shape index (κ2) is 6.73. The summed E-state index contributed by atoms with van der Waals surface area (Å²) in [6.45, 7) is 2.50. The van der Waals surface area contributed by atoms with Crippen molar-refractivity contribution in [2.75, 3.05) is 6.54 Å². The quantitative estimate of drug-likeness (QED) is 0.609. The first-order chi connectivity index (χ1) is 8.49. The molecule has 0 saturated heterocycles. The Kier molecular flexibility index (Phi) is 5.59. The van der Waals surface area contributed by atoms with E-state index in [0.29, 0.717) is 13.0 Å². The fourth-order valence-electron chi connectivity index (χ4n) is 2.37. The van der Waals surface area contributed by atoms with Crippen molar-refractivity contribution in [3.8, 4) is 0 Å². The minimum Gasteiger partial charge on any atom is -0.481 e. The van der Waals surface area contributed by atoms with E-state index in [1.807, 2.05) is 0 Å². The Hall–Kier alpha value is -1.10. The molecule has 0 aromatic carbocycles. The summed E-state index contributed by atoms with van der Waals surface area (Å²) in [6, 6.07) is -0.466. The van der Waals surface area contributed by atoms with Gasteiger partial charge < -0.3 is 16.2 Å². The van der Waals surface area contributed by atoms with Gasteiger partial charge in [0.15, 0.2) is 0 Å². The molecule has 1 atom stereocenters. The van der Waals surface area contributed by atoms with Crippen LogP contribution in [0.25, 0.3) is 0 Å². The number of rotatable bonds is 8. The van der Waals surface area contributed by atoms with E-state index in [1.54, 1.807) is 0 Å². The maximum Gasteiger partial charge on any atom is 0.303 e. The third kappa shape index (κ3) is 4.29. The highest BCUT2D eigenvalue weighted by molar-refractivity contribution is 5.81. The van der Waals surface area contributed by atoms with Gasteiger partial charge >= 0.3 is 5.97 Å². The van der Waals surface area contributed by atoms with E-state index in [9.17, 15) is 9.59 Å². The van der Waals surface area contributed by atoms with Crippen molar-refractivity contribution in [3.05, 3.63) is 0 Å². The summed E-state index contributed by atoms with van der Waals surface area (Å²) in [5.41, 5.74) is 5.53. The van der Waals surface area contributed by atoms with E-state index in [4.69, 9.17) is 10.8 Å². The van der Waals surface area contributed by atoms with Crippen molar-refractivity contribution in [1.29, 1.82) is 0 Å². The lowest BCUT2D eigenvalue weighted by Gasteiger charge is -2.41. The molecule has 0 unspecified atom stereocenters. The molecule has 1 aliphatic rings. The first-order valence-electron chi connectivity index (χ1n) is 6.74. The highest BCUT2D eigenvalue weighted by Gasteiger charge is 2.39. The fraction of sp³-hybridized carbons (Fsp3) is 0.846. The molecule has 1 fully saturated rings. The molecule has 18 heavy (non-hydrogen) atoms. The molecule has 0 heterocycles. The highest BCUT2D eigenvalue weighted by Crippen LogP contribution is 2.43. The summed E-state index contributed by atoms with van der Waals surface area (Å²) in [6.07, 6.45) is 5.59. The number of nitrogens with two attached hydrogens (primary N) is 1. The molecule has 0 aromatic rings. The fourth-order valence-corrected chi connectivity index (χ4v) is 2.37. The molecule has 1 aliphatic carbocycles. The summed E-state index contributed by atoms with van der Waals surface area (Å²) in [5, 5.41) is 11.7. The van der Waals surface area contributed by atoms with Crippen LogP contribution in [0.15, 0.2) is 0 Å². The van der Waals surface area contributed by atoms with Crippen LogP contribution < -0.4 is 11.1 Å². The van der Waals surface area contributed by atoms with Crippen LogP contribution in [-0.4, -0.2) is 29.6 Å². The second-order valence-corrected chi connectivity index (χ2v) is 5.39. The van der Waals surface area contributed by atoms with Crippen LogP contribution in [0.5, 0.6) is 0 Å². The molecule has 0 bridgehead atoms. The molecule has 1 rings (SSSR count). The van der Waals surface area contributed by atoms with Gasteiger partial charge in [-0.2, -0.15) is 0 Å². The number of unbranched alkanes of at least 4 members (excludes halogenated alkanes) is 1. The number of carbonyl (C=O) groups excluding carboxylic acids is 1. The van der Waals surface area contributed by atoms with Gasteiger partial charge in [0.05, 0.1) is 12.5 Å². The lowest BCUT2D eigenvalue weighted by atomic mass is 9.66. The third-order valence-electron chi connectivity index (χ3n) is 3.78. The molecule has 0 radical (unpaired) electrons. The van der Waals surface area contributed by atoms with Gasteiger partial charge in [0, 0.05) is 6.54 Å². The molecular weight excluding hydrogens is 232 g/mol. The Balaban J connectivity index is 2.34. The lowest BCUT2D eigenvalue weighted by molar-refractivity contribution is -0.142. The number of hydrogen-bond acceptors (Lipinski definition) is 3. The lowest BCUT2D eigenvalue weighted by Crippen LogP contribution is -2.48. The van der Waals surface area contributed by atoms with E-state index in [1.165, 1.54) is 0 Å². The maximum absolute atomic E-state index is 11.7. The molecule has 1 saturated carbocycles. The molecule has 0 aliphatic heterocycles. The molecule has 5 heteroatoms. The van der Waals surface area contributed by atoms with Crippen molar-refractivity contribution < 1.29 is 14.7 Å². The number of nitrogens with one attached hydrogen (secondary N) is 1. The molecular formula is C13H24N2O3. The van der Waals surface area contributed by atoms with Crippen molar-refractivity contribution in [3.63, 3.8) is 0 Å². The Morgan fingerprint density at radius 3 is 2.56 bits per heavy atom. The number of carboxylic acids is 1. The predicted molar refractivity (Wildman–Crippen MR) is 69.0 cm³/mol. The van der Waals surface area contributed by atoms with Gasteiger partial charge in [-0.25, -0.2) is 0 Å². The second-order valence-electron chi connectivity index (χ2n) is 5.39. The third-order valence-corrected chi connectivity index (χ3v) is 3.78. The van der Waals surface area contributed by atoms with Gasteiger partial charge in [-0.1, -0.05) is 26.2 Å². The van der Waals surface area contributed by atoms with E-state index < -0.39 is 12.0 Å². The van der Waals surface area contributed by atoms with E-state index >= 15 is 0 Å². The SMILES string of the molecule is CCCC[C@H](N)C(=O)NCC1(CC(=O)O)CCC1. The van der Waals surface area contributed by atoms with Gasteiger partial charge in [0.2, 0.25) is 5.91 Å². The predicted octanol–water partition coefficient (Wildman–Crippen LogP) is 1.27. The van der Waals surface area contributed by atoms with Crippen molar-refractivity contribution >= 4 is 11.9 Å². The molecule has 4 N–H and O–H groups in total. The van der Waals surface area contributed by atoms with E-state index in [0.717, 1.165) is 32.1 Å². The number of hydrogen-bond donors (Lipinski definition) is 3. The van der Waals surface area contributed by atoms with Crippen molar-refractivity contribution in [2.24, 2.45) is 11.1 Å². The van der Waals surface area contributed by atoms with E-state index in [-0.39, 0.29) is 17.7 Å². The van der Waals surface area contributed by atoms with Gasteiger partial charge in [-0.15, -0.1) is 0 Å². The summed E-state index contributed by atoms with van der Waals surface area (Å²) >= 11 is 0. The molecule has 0 spiro atoms. The van der Waals surface area contributed by atoms with Crippen LogP contribution in [0.3, 0.4) is 0 Å². The maximum atomic E-state index is 11.7. The van der Waals surface area contributed by atoms with Crippen molar-refractivity contribution in [1.82, 2.24) is 5.32 Å². The molecule has 5 nitrogen and oxygen atoms in total. The summed E-state index contributed by atoms with van der Waals surface area (Å²) in [5.74, 6) is -0.945. The smallest absolute Gasteiger partial charge is 0.303 e. The van der Waals surface area contributed by atoms with Crippen LogP contribution >= 0.6 is 0 Å². The minimum atomic E-state index is -0.792. The van der Waals surface area contributed by atoms with Crippen molar-refractivity contribution in [2.45, 2.75) is 57.9 Å². The average molecular weight is 256 g/mol. The topological polar surface area (TPSA) is 92.4 Å². The Morgan fingerprint density at radius 1 is 1.44 bits per heavy atom. The zero-order valence-corrected chi connectivity index (χ0v) is 11.1. The number of carbonyl (C=O) groups is 2.